The molecule has 0 aliphatic rings. The topological polar surface area (TPSA) is 251 Å². The molecule has 344 valence electrons. The zero-order valence-electron chi connectivity index (χ0n) is 37.3. The van der Waals surface area contributed by atoms with Crippen LogP contribution in [0.25, 0.3) is 10.9 Å². The Morgan fingerprint density at radius 1 is 0.754 bits per heavy atom. The number of rotatable bonds is 27. The molecule has 0 radical (unpaired) electrons. The Labute approximate surface area is 379 Å². The monoisotopic (exact) mass is 886 g/mol. The number of hydrogen-bond donors (Lipinski definition) is 7. The van der Waals surface area contributed by atoms with Crippen LogP contribution < -0.4 is 27.4 Å². The maximum atomic E-state index is 14.6. The van der Waals surface area contributed by atoms with Crippen molar-refractivity contribution < 1.29 is 28.8 Å². The van der Waals surface area contributed by atoms with E-state index >= 15 is 0 Å². The van der Waals surface area contributed by atoms with Crippen molar-refractivity contribution in [1.82, 2.24) is 35.8 Å². The Kier molecular flexibility index (Phi) is 19.0. The van der Waals surface area contributed by atoms with E-state index in [2.05, 4.69) is 35.9 Å². The Bertz CT molecular complexity index is 2340. The van der Waals surface area contributed by atoms with Crippen molar-refractivity contribution in [1.29, 1.82) is 0 Å². The molecular formula is C49H62N10O6. The van der Waals surface area contributed by atoms with E-state index in [0.717, 1.165) is 34.9 Å². The normalized spacial score (nSPS) is 12.9. The van der Waals surface area contributed by atoms with E-state index in [1.165, 1.54) is 6.33 Å². The molecule has 2 aromatic heterocycles. The summed E-state index contributed by atoms with van der Waals surface area (Å²) in [5.74, 6) is -4.45. The Morgan fingerprint density at radius 3 is 2.09 bits per heavy atom. The summed E-state index contributed by atoms with van der Waals surface area (Å²) in [6.07, 6.45) is 6.81. The maximum absolute atomic E-state index is 14.6. The minimum atomic E-state index is -1.09. The van der Waals surface area contributed by atoms with Gasteiger partial charge in [-0.3, -0.25) is 33.8 Å². The number of nitrogens with one attached hydrogen (secondary N) is 5. The van der Waals surface area contributed by atoms with Crippen molar-refractivity contribution >= 4 is 52.1 Å². The molecule has 16 nitrogen and oxygen atoms in total. The van der Waals surface area contributed by atoms with Crippen LogP contribution >= 0.6 is 0 Å². The van der Waals surface area contributed by atoms with Crippen LogP contribution in [0.3, 0.4) is 0 Å². The molecule has 3 aromatic carbocycles. The van der Waals surface area contributed by atoms with Crippen LogP contribution in [0.5, 0.6) is 0 Å². The van der Waals surface area contributed by atoms with E-state index in [9.17, 15) is 28.8 Å². The fourth-order valence-corrected chi connectivity index (χ4v) is 7.88. The number of carbonyl (C=O) groups is 6. The number of Topliss-reactive ketones (excluding diaryl/α,β-unsaturated/α-hetero) is 2. The molecule has 4 atom stereocenters. The van der Waals surface area contributed by atoms with Gasteiger partial charge in [0.25, 0.3) is 5.91 Å². The molecule has 0 spiro atoms. The summed E-state index contributed by atoms with van der Waals surface area (Å²) in [4.78, 5) is 100. The number of para-hydroxylation sites is 1. The predicted octanol–water partition coefficient (Wildman–Crippen LogP) is 4.17. The first-order valence-electron chi connectivity index (χ1n) is 22.3. The van der Waals surface area contributed by atoms with Crippen LogP contribution in [0, 0.1) is 11.8 Å². The number of hydrogen-bond acceptors (Lipinski definition) is 8. The van der Waals surface area contributed by atoms with Gasteiger partial charge in [-0.25, -0.2) is 4.98 Å². The van der Waals surface area contributed by atoms with Gasteiger partial charge < -0.3 is 42.3 Å². The van der Waals surface area contributed by atoms with Gasteiger partial charge in [0.2, 0.25) is 17.7 Å². The number of aromatic amines is 2. The lowest BCUT2D eigenvalue weighted by molar-refractivity contribution is -0.138. The fraction of sp³-hybridized carbons (Fsp3) is 0.388. The van der Waals surface area contributed by atoms with Crippen molar-refractivity contribution in [3.05, 3.63) is 126 Å². The third-order valence-corrected chi connectivity index (χ3v) is 11.2. The standard InChI is InChI=1S/C49H62N10O6/c1-3-22-59(23-4-2)48(65)43(27-37-29-54-41-20-12-11-19-40(37)41)58-46(63)35(18-13-21-53-49(50)51)28-44(61)42(24-33-14-7-5-8-15-33)57-47(64)36(25-38-30-52-32-56-38)26-39(60)31-55-45(62)34-16-9-6-10-17-34/h5-12,14-17,19-20,29-30,32,35-36,42-43,54H,3-4,13,18,21-28,31H2,1-2H3,(H,52,56)(H,55,62)(H,57,64)(H,58,63)(H4,50,51,53)/t35-,36-,42-,43?/m1/s1. The van der Waals surface area contributed by atoms with E-state index in [-0.39, 0.29) is 69.3 Å². The molecule has 9 N–H and O–H groups in total. The first-order valence-corrected chi connectivity index (χ1v) is 22.3. The number of fused-ring (bicyclic) bond motifs is 1. The van der Waals surface area contributed by atoms with Crippen LogP contribution in [0.4, 0.5) is 0 Å². The highest BCUT2D eigenvalue weighted by atomic mass is 16.2. The summed E-state index contributed by atoms with van der Waals surface area (Å²) in [6, 6.07) is 23.4. The zero-order valence-corrected chi connectivity index (χ0v) is 37.3. The molecule has 0 aliphatic carbocycles. The highest BCUT2D eigenvalue weighted by Gasteiger charge is 2.34. The lowest BCUT2D eigenvalue weighted by Gasteiger charge is -2.29. The second-order valence-corrected chi connectivity index (χ2v) is 16.3. The number of nitrogens with two attached hydrogens (primary N) is 2. The zero-order chi connectivity index (χ0) is 46.6. The lowest BCUT2D eigenvalue weighted by Crippen LogP contribution is -2.52. The predicted molar refractivity (Wildman–Crippen MR) is 250 cm³/mol. The van der Waals surface area contributed by atoms with Crippen molar-refractivity contribution in [2.24, 2.45) is 28.3 Å². The van der Waals surface area contributed by atoms with Crippen molar-refractivity contribution in [2.45, 2.75) is 83.7 Å². The summed E-state index contributed by atoms with van der Waals surface area (Å²) in [7, 11) is 0. The molecule has 0 saturated carbocycles. The van der Waals surface area contributed by atoms with Gasteiger partial charge in [0.1, 0.15) is 6.04 Å². The molecule has 4 amide bonds. The second kappa shape index (κ2) is 25.3. The van der Waals surface area contributed by atoms with Gasteiger partial charge in [-0.1, -0.05) is 80.6 Å². The largest absolute Gasteiger partial charge is 0.370 e. The number of imidazole rings is 1. The van der Waals surface area contributed by atoms with Crippen LogP contribution in [0.1, 0.15) is 79.6 Å². The number of amides is 4. The average molecular weight is 887 g/mol. The van der Waals surface area contributed by atoms with Crippen LogP contribution in [0.2, 0.25) is 0 Å². The van der Waals surface area contributed by atoms with Crippen LogP contribution in [0.15, 0.2) is 109 Å². The summed E-state index contributed by atoms with van der Waals surface area (Å²) >= 11 is 0. The summed E-state index contributed by atoms with van der Waals surface area (Å²) in [5, 5.41) is 9.55. The van der Waals surface area contributed by atoms with Gasteiger partial charge >= 0.3 is 0 Å². The number of aliphatic imine (C=N–C) groups is 1. The number of guanidine groups is 1. The highest BCUT2D eigenvalue weighted by molar-refractivity contribution is 5.98. The van der Waals surface area contributed by atoms with Crippen LogP contribution in [-0.2, 0) is 43.2 Å². The van der Waals surface area contributed by atoms with E-state index in [4.69, 9.17) is 11.5 Å². The van der Waals surface area contributed by atoms with E-state index < -0.39 is 47.4 Å². The SMILES string of the molecule is CCCN(CCC)C(=O)C(Cc1c[nH]c2ccccc12)NC(=O)[C@H](CCCN=C(N)N)CC(=O)[C@@H](Cc1ccccc1)NC(=O)[C@@H](CC(=O)CNC(=O)c1ccccc1)Cc1cnc[nH]1. The third kappa shape index (κ3) is 15.3. The number of aromatic nitrogens is 3. The van der Waals surface area contributed by atoms with Gasteiger partial charge in [-0.2, -0.15) is 0 Å². The molecule has 1 unspecified atom stereocenters. The molecule has 0 aliphatic heterocycles. The third-order valence-electron chi connectivity index (χ3n) is 11.2. The first kappa shape index (κ1) is 48.9. The van der Waals surface area contributed by atoms with E-state index in [1.54, 1.807) is 41.4 Å². The molecule has 16 heteroatoms. The average Bonchev–Trinajstić information content (AvgIpc) is 3.98. The number of H-pyrrole nitrogens is 2. The molecule has 0 saturated heterocycles. The highest BCUT2D eigenvalue weighted by Crippen LogP contribution is 2.22. The molecule has 0 bridgehead atoms. The lowest BCUT2D eigenvalue weighted by atomic mass is 9.89. The number of benzene rings is 3. The number of ketones is 2. The fourth-order valence-electron chi connectivity index (χ4n) is 7.88. The molecule has 5 rings (SSSR count). The summed E-state index contributed by atoms with van der Waals surface area (Å²) < 4.78 is 0. The van der Waals surface area contributed by atoms with E-state index in [1.807, 2.05) is 74.6 Å². The smallest absolute Gasteiger partial charge is 0.251 e. The van der Waals surface area contributed by atoms with Crippen LogP contribution in [-0.4, -0.2) is 99.3 Å². The van der Waals surface area contributed by atoms with Gasteiger partial charge in [0, 0.05) is 85.8 Å². The molecule has 5 aromatic rings. The number of carbonyl (C=O) groups excluding carboxylic acids is 6. The van der Waals surface area contributed by atoms with Crippen molar-refractivity contribution in [3.8, 4) is 0 Å². The van der Waals surface area contributed by atoms with Crippen molar-refractivity contribution in [2.75, 3.05) is 26.2 Å². The van der Waals surface area contributed by atoms with Gasteiger partial charge in [-0.15, -0.1) is 0 Å². The Morgan fingerprint density at radius 2 is 1.42 bits per heavy atom. The second-order valence-electron chi connectivity index (χ2n) is 16.3. The Balaban J connectivity index is 1.39. The minimum Gasteiger partial charge on any atom is -0.370 e. The number of nitrogens with zero attached hydrogens (tertiary/aromatic N) is 3. The maximum Gasteiger partial charge on any atom is 0.251 e. The molecule has 2 heterocycles. The summed E-state index contributed by atoms with van der Waals surface area (Å²) in [5.41, 5.74) is 14.7. The van der Waals surface area contributed by atoms with E-state index in [0.29, 0.717) is 30.8 Å². The minimum absolute atomic E-state index is 0.102. The van der Waals surface area contributed by atoms with Crippen molar-refractivity contribution in [3.63, 3.8) is 0 Å². The molecule has 0 fully saturated rings. The van der Waals surface area contributed by atoms with Gasteiger partial charge in [0.05, 0.1) is 24.8 Å². The van der Waals surface area contributed by atoms with Gasteiger partial charge in [-0.05, 0) is 61.4 Å². The molecule has 65 heavy (non-hydrogen) atoms. The quantitative estimate of drug-likeness (QED) is 0.0227. The van der Waals surface area contributed by atoms with Gasteiger partial charge in [0.15, 0.2) is 17.5 Å². The molecular weight excluding hydrogens is 825 g/mol. The summed E-state index contributed by atoms with van der Waals surface area (Å²) in [6.45, 7) is 4.93. The Hall–Kier alpha value is -7.10. The first-order chi connectivity index (χ1) is 31.4.